The molecule has 2 aliphatic rings. The minimum atomic E-state index is -0.0504. The first-order chi connectivity index (χ1) is 11.6. The van der Waals surface area contributed by atoms with Gasteiger partial charge in [0.25, 0.3) is 0 Å². The maximum Gasteiger partial charge on any atom is 0.225 e. The van der Waals surface area contributed by atoms with E-state index in [4.69, 9.17) is 11.6 Å². The van der Waals surface area contributed by atoms with Crippen molar-refractivity contribution in [2.24, 2.45) is 13.0 Å². The molecule has 24 heavy (non-hydrogen) atoms. The largest absolute Gasteiger partial charge is 0.349 e. The Morgan fingerprint density at radius 1 is 1.42 bits per heavy atom. The van der Waals surface area contributed by atoms with E-state index in [1.165, 1.54) is 11.1 Å². The summed E-state index contributed by atoms with van der Waals surface area (Å²) in [4.78, 5) is 12.9. The number of amides is 1. The first-order valence-electron chi connectivity index (χ1n) is 8.40. The van der Waals surface area contributed by atoms with Crippen molar-refractivity contribution in [3.63, 3.8) is 0 Å². The fraction of sp³-hybridized carbons (Fsp3) is 0.444. The third kappa shape index (κ3) is 2.82. The number of carbonyl (C=O) groups excluding carboxylic acids is 1. The fourth-order valence-corrected chi connectivity index (χ4v) is 4.15. The number of aryl methyl sites for hydroxylation is 2. The lowest BCUT2D eigenvalue weighted by atomic mass is 9.90. The van der Waals surface area contributed by atoms with Crippen LogP contribution in [0.3, 0.4) is 0 Å². The highest BCUT2D eigenvalue weighted by Gasteiger charge is 2.36. The first kappa shape index (κ1) is 15.7. The second kappa shape index (κ2) is 6.22. The number of nitrogens with zero attached hydrogens (tertiary/aromatic N) is 2. The Hall–Kier alpha value is -1.85. The number of nitrogens with one attached hydrogen (secondary N) is 2. The molecule has 1 aliphatic heterocycles. The Kier molecular flexibility index (Phi) is 4.06. The maximum atomic E-state index is 12.9. The molecule has 0 spiro atoms. The summed E-state index contributed by atoms with van der Waals surface area (Å²) in [5.41, 5.74) is 3.58. The van der Waals surface area contributed by atoms with Crippen molar-refractivity contribution in [3.8, 4) is 0 Å². The molecule has 126 valence electrons. The number of halogens is 1. The van der Waals surface area contributed by atoms with Crippen molar-refractivity contribution in [2.75, 3.05) is 13.1 Å². The Labute approximate surface area is 146 Å². The van der Waals surface area contributed by atoms with E-state index in [9.17, 15) is 4.79 Å². The summed E-state index contributed by atoms with van der Waals surface area (Å²) >= 11 is 6.07. The monoisotopic (exact) mass is 344 g/mol. The van der Waals surface area contributed by atoms with E-state index in [0.29, 0.717) is 6.54 Å². The highest BCUT2D eigenvalue weighted by molar-refractivity contribution is 6.30. The van der Waals surface area contributed by atoms with Crippen LogP contribution in [0.1, 0.15) is 35.1 Å². The number of carbonyl (C=O) groups is 1. The summed E-state index contributed by atoms with van der Waals surface area (Å²) in [6, 6.07) is 6.06. The first-order valence-corrected chi connectivity index (χ1v) is 8.77. The summed E-state index contributed by atoms with van der Waals surface area (Å²) in [6.45, 7) is 1.53. The molecule has 5 nitrogen and oxygen atoms in total. The molecular formula is C18H21ClN4O. The van der Waals surface area contributed by atoms with Crippen molar-refractivity contribution < 1.29 is 4.79 Å². The normalized spacial score (nSPS) is 25.7. The summed E-state index contributed by atoms with van der Waals surface area (Å²) in [5.74, 6) is 0.261. The van der Waals surface area contributed by atoms with Gasteiger partial charge in [0.2, 0.25) is 5.91 Å². The lowest BCUT2D eigenvalue weighted by Gasteiger charge is -2.21. The second-order valence-corrected chi connectivity index (χ2v) is 7.20. The molecule has 2 N–H and O–H groups in total. The molecule has 4 rings (SSSR count). The van der Waals surface area contributed by atoms with Gasteiger partial charge in [0.1, 0.15) is 0 Å². The zero-order chi connectivity index (χ0) is 16.7. The Balaban J connectivity index is 1.49. The van der Waals surface area contributed by atoms with Gasteiger partial charge in [0.05, 0.1) is 18.2 Å². The molecule has 1 fully saturated rings. The van der Waals surface area contributed by atoms with E-state index in [1.54, 1.807) is 4.68 Å². The second-order valence-electron chi connectivity index (χ2n) is 6.76. The number of fused-ring (bicyclic) bond motifs is 1. The SMILES string of the molecule is Cn1cc([C@H]2CNC[C@@H]2C(=O)NC2CCc3cc(Cl)ccc32)cn1. The number of aromatic nitrogens is 2. The zero-order valence-electron chi connectivity index (χ0n) is 13.6. The molecule has 0 radical (unpaired) electrons. The standard InChI is InChI=1S/C18H21ClN4O/c1-23-10-12(7-21-23)15-8-20-9-16(15)18(24)22-17-5-2-11-6-13(19)3-4-14(11)17/h3-4,6-7,10,15-17,20H,2,5,8-9H2,1H3,(H,22,24)/t15-,16+,17?/m1/s1. The third-order valence-corrected chi connectivity index (χ3v) is 5.44. The molecule has 1 amide bonds. The van der Waals surface area contributed by atoms with Gasteiger partial charge in [0, 0.05) is 37.3 Å². The maximum absolute atomic E-state index is 12.9. The highest BCUT2D eigenvalue weighted by atomic mass is 35.5. The lowest BCUT2D eigenvalue weighted by Crippen LogP contribution is -2.36. The van der Waals surface area contributed by atoms with Gasteiger partial charge in [-0.1, -0.05) is 17.7 Å². The van der Waals surface area contributed by atoms with Crippen LogP contribution in [0.25, 0.3) is 0 Å². The topological polar surface area (TPSA) is 59.0 Å². The average molecular weight is 345 g/mol. The minimum Gasteiger partial charge on any atom is -0.349 e. The molecule has 2 heterocycles. The van der Waals surface area contributed by atoms with Gasteiger partial charge in [-0.2, -0.15) is 5.10 Å². The van der Waals surface area contributed by atoms with Crippen LogP contribution in [-0.2, 0) is 18.3 Å². The predicted octanol–water partition coefficient (Wildman–Crippen LogP) is 2.18. The predicted molar refractivity (Wildman–Crippen MR) is 93.0 cm³/mol. The van der Waals surface area contributed by atoms with Crippen molar-refractivity contribution >= 4 is 17.5 Å². The molecule has 1 saturated heterocycles. The molecule has 1 unspecified atom stereocenters. The van der Waals surface area contributed by atoms with E-state index in [0.717, 1.165) is 30.0 Å². The number of hydrogen-bond acceptors (Lipinski definition) is 3. The Bertz CT molecular complexity index is 772. The molecular weight excluding hydrogens is 324 g/mol. The van der Waals surface area contributed by atoms with Gasteiger partial charge in [-0.3, -0.25) is 9.48 Å². The van der Waals surface area contributed by atoms with E-state index in [1.807, 2.05) is 37.6 Å². The Morgan fingerprint density at radius 3 is 3.08 bits per heavy atom. The van der Waals surface area contributed by atoms with Crippen LogP contribution in [0, 0.1) is 5.92 Å². The fourth-order valence-electron chi connectivity index (χ4n) is 3.95. The van der Waals surface area contributed by atoms with E-state index in [2.05, 4.69) is 15.7 Å². The zero-order valence-corrected chi connectivity index (χ0v) is 14.4. The van der Waals surface area contributed by atoms with Gasteiger partial charge in [-0.25, -0.2) is 0 Å². The molecule has 1 aliphatic carbocycles. The summed E-state index contributed by atoms with van der Waals surface area (Å²) in [5, 5.41) is 11.6. The minimum absolute atomic E-state index is 0.0504. The third-order valence-electron chi connectivity index (χ3n) is 5.20. The average Bonchev–Trinajstić information content (AvgIpc) is 3.26. The number of rotatable bonds is 3. The quantitative estimate of drug-likeness (QED) is 0.897. The molecule has 0 bridgehead atoms. The number of hydrogen-bond donors (Lipinski definition) is 2. The molecule has 1 aromatic heterocycles. The van der Waals surface area contributed by atoms with E-state index >= 15 is 0 Å². The summed E-state index contributed by atoms with van der Waals surface area (Å²) < 4.78 is 1.79. The smallest absolute Gasteiger partial charge is 0.225 e. The van der Waals surface area contributed by atoms with E-state index in [-0.39, 0.29) is 23.8 Å². The molecule has 3 atom stereocenters. The van der Waals surface area contributed by atoms with Crippen LogP contribution in [0.4, 0.5) is 0 Å². The van der Waals surface area contributed by atoms with Crippen LogP contribution in [0.15, 0.2) is 30.6 Å². The highest BCUT2D eigenvalue weighted by Crippen LogP contribution is 2.34. The Morgan fingerprint density at radius 2 is 2.29 bits per heavy atom. The van der Waals surface area contributed by atoms with Gasteiger partial charge in [-0.15, -0.1) is 0 Å². The lowest BCUT2D eigenvalue weighted by molar-refractivity contribution is -0.125. The van der Waals surface area contributed by atoms with Gasteiger partial charge in [0.15, 0.2) is 0 Å². The summed E-state index contributed by atoms with van der Waals surface area (Å²) in [6.07, 6.45) is 5.78. The van der Waals surface area contributed by atoms with Crippen LogP contribution >= 0.6 is 11.6 Å². The van der Waals surface area contributed by atoms with Crippen molar-refractivity contribution in [1.29, 1.82) is 0 Å². The molecule has 6 heteroatoms. The molecule has 1 aromatic carbocycles. The molecule has 0 saturated carbocycles. The van der Waals surface area contributed by atoms with Crippen LogP contribution in [0.5, 0.6) is 0 Å². The van der Waals surface area contributed by atoms with Crippen molar-refractivity contribution in [1.82, 2.24) is 20.4 Å². The molecule has 2 aromatic rings. The van der Waals surface area contributed by atoms with Gasteiger partial charge >= 0.3 is 0 Å². The van der Waals surface area contributed by atoms with Crippen molar-refractivity contribution in [3.05, 3.63) is 52.3 Å². The van der Waals surface area contributed by atoms with E-state index < -0.39 is 0 Å². The van der Waals surface area contributed by atoms with Crippen LogP contribution in [0.2, 0.25) is 5.02 Å². The number of benzene rings is 1. The van der Waals surface area contributed by atoms with Crippen LogP contribution < -0.4 is 10.6 Å². The van der Waals surface area contributed by atoms with Crippen LogP contribution in [-0.4, -0.2) is 28.8 Å². The summed E-state index contributed by atoms with van der Waals surface area (Å²) in [7, 11) is 1.90. The van der Waals surface area contributed by atoms with Gasteiger partial charge < -0.3 is 10.6 Å². The van der Waals surface area contributed by atoms with Crippen molar-refractivity contribution in [2.45, 2.75) is 24.8 Å². The van der Waals surface area contributed by atoms with Gasteiger partial charge in [-0.05, 0) is 41.7 Å².